The van der Waals surface area contributed by atoms with E-state index in [4.69, 9.17) is 14.2 Å². The van der Waals surface area contributed by atoms with Crippen molar-refractivity contribution in [1.29, 1.82) is 0 Å². The van der Waals surface area contributed by atoms with E-state index < -0.39 is 6.10 Å². The van der Waals surface area contributed by atoms with Crippen molar-refractivity contribution in [1.82, 2.24) is 0 Å². The van der Waals surface area contributed by atoms with E-state index in [9.17, 15) is 14.4 Å². The Labute approximate surface area is 462 Å². The average molecular weight is 1040 g/mol. The van der Waals surface area contributed by atoms with E-state index in [1.54, 1.807) is 0 Å². The second-order valence-corrected chi connectivity index (χ2v) is 20.2. The first-order chi connectivity index (χ1) is 37.0. The third kappa shape index (κ3) is 60.6. The van der Waals surface area contributed by atoms with Crippen LogP contribution in [-0.2, 0) is 28.6 Å². The summed E-state index contributed by atoms with van der Waals surface area (Å²) in [5.41, 5.74) is 0. The molecule has 0 fully saturated rings. The topological polar surface area (TPSA) is 78.9 Å². The van der Waals surface area contributed by atoms with Gasteiger partial charge in [0.2, 0.25) is 0 Å². The molecule has 0 bridgehead atoms. The van der Waals surface area contributed by atoms with Gasteiger partial charge < -0.3 is 14.2 Å². The minimum absolute atomic E-state index is 0.0943. The summed E-state index contributed by atoms with van der Waals surface area (Å²) in [6.07, 6.45) is 86.4. The van der Waals surface area contributed by atoms with Crippen molar-refractivity contribution in [3.8, 4) is 0 Å². The third-order valence-electron chi connectivity index (χ3n) is 13.0. The Morgan fingerprint density at radius 3 is 0.840 bits per heavy atom. The minimum atomic E-state index is -0.801. The lowest BCUT2D eigenvalue weighted by atomic mass is 10.0. The fraction of sp³-hybridized carbons (Fsp3) is 0.667. The highest BCUT2D eigenvalue weighted by atomic mass is 16.6. The third-order valence-corrected chi connectivity index (χ3v) is 13.0. The van der Waals surface area contributed by atoms with Gasteiger partial charge in [-0.15, -0.1) is 0 Å². The molecule has 0 aliphatic heterocycles. The molecule has 1 atom stereocenters. The highest BCUT2D eigenvalue weighted by molar-refractivity contribution is 5.71. The number of esters is 3. The van der Waals surface area contributed by atoms with Crippen molar-refractivity contribution >= 4 is 17.9 Å². The molecule has 0 aromatic carbocycles. The number of carbonyl (C=O) groups is 3. The largest absolute Gasteiger partial charge is 0.462 e. The summed E-state index contributed by atoms with van der Waals surface area (Å²) in [7, 11) is 0. The van der Waals surface area contributed by atoms with Crippen molar-refractivity contribution in [2.45, 2.75) is 284 Å². The Balaban J connectivity index is 4.23. The quantitative estimate of drug-likeness (QED) is 0.0261. The summed E-state index contributed by atoms with van der Waals surface area (Å²) in [4.78, 5) is 38.1. The summed E-state index contributed by atoms with van der Waals surface area (Å²) in [5, 5.41) is 0. The van der Waals surface area contributed by atoms with Crippen LogP contribution in [0.5, 0.6) is 0 Å². The van der Waals surface area contributed by atoms with Gasteiger partial charge in [0, 0.05) is 19.3 Å². The molecule has 0 spiro atoms. The maximum absolute atomic E-state index is 12.8. The fourth-order valence-electron chi connectivity index (χ4n) is 8.38. The van der Waals surface area contributed by atoms with Crippen LogP contribution in [0.15, 0.2) is 122 Å². The van der Waals surface area contributed by atoms with Crippen molar-refractivity contribution in [2.24, 2.45) is 0 Å². The highest BCUT2D eigenvalue weighted by Crippen LogP contribution is 2.16. The first-order valence-corrected chi connectivity index (χ1v) is 31.0. The van der Waals surface area contributed by atoms with Crippen LogP contribution in [0, 0.1) is 0 Å². The number of hydrogen-bond acceptors (Lipinski definition) is 6. The zero-order chi connectivity index (χ0) is 54.3. The first kappa shape index (κ1) is 70.8. The molecule has 6 heteroatoms. The molecule has 6 nitrogen and oxygen atoms in total. The van der Waals surface area contributed by atoms with E-state index in [0.29, 0.717) is 19.3 Å². The van der Waals surface area contributed by atoms with Crippen molar-refractivity contribution in [2.75, 3.05) is 13.2 Å². The second-order valence-electron chi connectivity index (χ2n) is 20.2. The van der Waals surface area contributed by atoms with E-state index in [1.807, 2.05) is 0 Å². The van der Waals surface area contributed by atoms with Gasteiger partial charge in [0.25, 0.3) is 0 Å². The summed E-state index contributed by atoms with van der Waals surface area (Å²) in [5.74, 6) is -0.937. The van der Waals surface area contributed by atoms with Crippen LogP contribution in [0.25, 0.3) is 0 Å². The number of unbranched alkanes of at least 4 members (excludes halogenated alkanes) is 24. The highest BCUT2D eigenvalue weighted by Gasteiger charge is 2.19. The molecule has 0 amide bonds. The van der Waals surface area contributed by atoms with Crippen molar-refractivity contribution in [3.05, 3.63) is 122 Å². The molecule has 0 saturated heterocycles. The van der Waals surface area contributed by atoms with Gasteiger partial charge in [0.1, 0.15) is 13.2 Å². The Morgan fingerprint density at radius 2 is 0.520 bits per heavy atom. The molecule has 0 radical (unpaired) electrons. The van der Waals surface area contributed by atoms with Gasteiger partial charge >= 0.3 is 17.9 Å². The maximum atomic E-state index is 12.8. The van der Waals surface area contributed by atoms with Crippen LogP contribution < -0.4 is 0 Å². The molecule has 75 heavy (non-hydrogen) atoms. The van der Waals surface area contributed by atoms with E-state index >= 15 is 0 Å². The van der Waals surface area contributed by atoms with Crippen molar-refractivity contribution in [3.63, 3.8) is 0 Å². The lowest BCUT2D eigenvalue weighted by Crippen LogP contribution is -2.30. The number of carbonyl (C=O) groups excluding carboxylic acids is 3. The van der Waals surface area contributed by atoms with Gasteiger partial charge in [-0.05, 0) is 109 Å². The van der Waals surface area contributed by atoms with Crippen LogP contribution in [0.1, 0.15) is 278 Å². The smallest absolute Gasteiger partial charge is 0.306 e. The van der Waals surface area contributed by atoms with E-state index in [0.717, 1.165) is 116 Å². The normalized spacial score (nSPS) is 12.9. The Morgan fingerprint density at radius 1 is 0.280 bits per heavy atom. The Hall–Kier alpha value is -4.19. The zero-order valence-corrected chi connectivity index (χ0v) is 48.8. The molecule has 0 saturated carbocycles. The zero-order valence-electron chi connectivity index (χ0n) is 48.8. The lowest BCUT2D eigenvalue weighted by molar-refractivity contribution is -0.167. The van der Waals surface area contributed by atoms with Gasteiger partial charge in [0.05, 0.1) is 0 Å². The summed E-state index contributed by atoms with van der Waals surface area (Å²) in [6, 6.07) is 0. The lowest BCUT2D eigenvalue weighted by Gasteiger charge is -2.18. The van der Waals surface area contributed by atoms with E-state index in [-0.39, 0.29) is 37.5 Å². The SMILES string of the molecule is CC/C=C\C/C=C\C/C=C\C/C=C\C/C=C\C/C=C\CCCCCCCCCCCCCCC(=O)OCC(COC(=O)CCCCCCCCCCCCC)OC(=O)CCCC/C=C\C/C=C\C/C=C\C/C=C\CC. The van der Waals surface area contributed by atoms with Crippen LogP contribution in [-0.4, -0.2) is 37.2 Å². The molecular weight excluding hydrogens is 925 g/mol. The maximum Gasteiger partial charge on any atom is 0.306 e. The van der Waals surface area contributed by atoms with Gasteiger partial charge in [-0.25, -0.2) is 0 Å². The van der Waals surface area contributed by atoms with E-state index in [2.05, 4.69) is 142 Å². The predicted octanol–water partition coefficient (Wildman–Crippen LogP) is 21.2. The first-order valence-electron chi connectivity index (χ1n) is 31.0. The molecule has 0 aromatic rings. The predicted molar refractivity (Wildman–Crippen MR) is 325 cm³/mol. The molecule has 0 N–H and O–H groups in total. The van der Waals surface area contributed by atoms with Crippen LogP contribution in [0.4, 0.5) is 0 Å². The molecular formula is C69H114O6. The van der Waals surface area contributed by atoms with Crippen molar-refractivity contribution < 1.29 is 28.6 Å². The molecule has 0 heterocycles. The Bertz CT molecular complexity index is 1570. The summed E-state index contributed by atoms with van der Waals surface area (Å²) < 4.78 is 16.8. The van der Waals surface area contributed by atoms with Gasteiger partial charge in [-0.3, -0.25) is 14.4 Å². The summed E-state index contributed by atoms with van der Waals surface area (Å²) in [6.45, 7) is 6.37. The van der Waals surface area contributed by atoms with Crippen LogP contribution in [0.2, 0.25) is 0 Å². The molecule has 0 rings (SSSR count). The number of ether oxygens (including phenoxy) is 3. The van der Waals surface area contributed by atoms with Crippen LogP contribution in [0.3, 0.4) is 0 Å². The molecule has 1 unspecified atom stereocenters. The monoisotopic (exact) mass is 1040 g/mol. The summed E-state index contributed by atoms with van der Waals surface area (Å²) >= 11 is 0. The molecule has 0 aliphatic rings. The van der Waals surface area contributed by atoms with Crippen LogP contribution >= 0.6 is 0 Å². The molecule has 0 aromatic heterocycles. The average Bonchev–Trinajstić information content (AvgIpc) is 3.41. The van der Waals surface area contributed by atoms with Gasteiger partial charge in [0.15, 0.2) is 6.10 Å². The number of hydrogen-bond donors (Lipinski definition) is 0. The van der Waals surface area contributed by atoms with Gasteiger partial charge in [-0.2, -0.15) is 0 Å². The minimum Gasteiger partial charge on any atom is -0.462 e. The fourth-order valence-corrected chi connectivity index (χ4v) is 8.38. The molecule has 0 aliphatic carbocycles. The number of allylic oxidation sites excluding steroid dienone is 20. The van der Waals surface area contributed by atoms with Gasteiger partial charge in [-0.1, -0.05) is 271 Å². The standard InChI is InChI=1S/C69H114O6/c1-4-7-10-13-16-19-22-24-26-27-28-29-30-31-32-33-34-35-36-37-38-39-40-41-43-44-47-50-53-56-59-62-68(71)74-65-66(64-73-67(70)61-58-55-52-49-46-21-18-15-12-9-6-3)75-69(72)63-60-57-54-51-48-45-42-25-23-20-17-14-11-8-5-2/h7-8,10-11,16-17,19-20,24-26,28-29,31-32,34-35,42,48,51,66H,4-6,9,12-15,18,21-23,27,30,33,36-41,43-47,49-50,52-65H2,1-3H3/b10-7-,11-8-,19-16-,20-17-,26-24-,29-28-,32-31-,35-34-,42-25-,51-48-. The number of rotatable bonds is 55. The molecule has 426 valence electrons. The Kier molecular flexibility index (Phi) is 58.9. The second kappa shape index (κ2) is 62.4. The van der Waals surface area contributed by atoms with E-state index in [1.165, 1.54) is 116 Å².